The Balaban J connectivity index is 2.04. The third-order valence-corrected chi connectivity index (χ3v) is 4.69. The van der Waals surface area contributed by atoms with Gasteiger partial charge in [-0.05, 0) is 35.2 Å². The van der Waals surface area contributed by atoms with Gasteiger partial charge in [-0.2, -0.15) is 0 Å². The summed E-state index contributed by atoms with van der Waals surface area (Å²) in [5.74, 6) is 0. The first kappa shape index (κ1) is 14.6. The van der Waals surface area contributed by atoms with E-state index in [4.69, 9.17) is 0 Å². The molecule has 2 nitrogen and oxygen atoms in total. The lowest BCUT2D eigenvalue weighted by Gasteiger charge is -2.36. The highest BCUT2D eigenvalue weighted by atomic mass is 15.2. The first-order chi connectivity index (χ1) is 10.3. The van der Waals surface area contributed by atoms with Gasteiger partial charge in [-0.3, -0.25) is 4.90 Å². The Morgan fingerprint density at radius 3 is 2.48 bits per heavy atom. The fraction of sp³-hybridized carbons (Fsp3) is 0.474. The minimum Gasteiger partial charge on any atom is -0.314 e. The fourth-order valence-corrected chi connectivity index (χ4v) is 3.57. The number of benzene rings is 2. The molecule has 2 aromatic rings. The van der Waals surface area contributed by atoms with E-state index in [1.807, 2.05) is 0 Å². The number of aryl methyl sites for hydroxylation is 1. The molecule has 112 valence electrons. The second kappa shape index (κ2) is 6.59. The Labute approximate surface area is 128 Å². The van der Waals surface area contributed by atoms with E-state index in [0.29, 0.717) is 6.04 Å². The summed E-state index contributed by atoms with van der Waals surface area (Å²) in [6.45, 7) is 9.06. The highest BCUT2D eigenvalue weighted by Gasteiger charge is 2.23. The molecule has 1 aliphatic rings. The van der Waals surface area contributed by atoms with E-state index in [-0.39, 0.29) is 0 Å². The van der Waals surface area contributed by atoms with Crippen LogP contribution in [0, 0.1) is 6.92 Å². The predicted octanol–water partition coefficient (Wildman–Crippen LogP) is 3.89. The van der Waals surface area contributed by atoms with E-state index in [1.54, 1.807) is 0 Å². The molecular weight excluding hydrogens is 256 g/mol. The van der Waals surface area contributed by atoms with Crippen LogP contribution >= 0.6 is 0 Å². The molecule has 2 aromatic carbocycles. The molecule has 1 atom stereocenters. The van der Waals surface area contributed by atoms with Crippen molar-refractivity contribution in [2.45, 2.75) is 32.7 Å². The van der Waals surface area contributed by atoms with Crippen molar-refractivity contribution < 1.29 is 0 Å². The van der Waals surface area contributed by atoms with Gasteiger partial charge in [0.25, 0.3) is 0 Å². The van der Waals surface area contributed by atoms with Gasteiger partial charge < -0.3 is 5.32 Å². The molecule has 21 heavy (non-hydrogen) atoms. The average molecular weight is 282 g/mol. The first-order valence-corrected chi connectivity index (χ1v) is 8.24. The largest absolute Gasteiger partial charge is 0.314 e. The molecule has 0 amide bonds. The maximum atomic E-state index is 3.47. The van der Waals surface area contributed by atoms with Crippen LogP contribution in [-0.2, 0) is 0 Å². The van der Waals surface area contributed by atoms with Gasteiger partial charge in [-0.1, -0.05) is 49.7 Å². The Hall–Kier alpha value is -1.38. The zero-order valence-corrected chi connectivity index (χ0v) is 13.2. The number of nitrogens with zero attached hydrogens (tertiary/aromatic N) is 1. The second-order valence-electron chi connectivity index (χ2n) is 6.11. The van der Waals surface area contributed by atoms with Crippen molar-refractivity contribution in [3.8, 4) is 0 Å². The third kappa shape index (κ3) is 2.97. The number of rotatable bonds is 4. The molecule has 0 saturated carbocycles. The van der Waals surface area contributed by atoms with Gasteiger partial charge in [0.2, 0.25) is 0 Å². The van der Waals surface area contributed by atoms with Gasteiger partial charge >= 0.3 is 0 Å². The summed E-state index contributed by atoms with van der Waals surface area (Å²) in [7, 11) is 0. The van der Waals surface area contributed by atoms with Crippen LogP contribution in [0.1, 0.15) is 36.9 Å². The Morgan fingerprint density at radius 2 is 1.76 bits per heavy atom. The lowest BCUT2D eigenvalue weighted by molar-refractivity contribution is 0.165. The van der Waals surface area contributed by atoms with Crippen LogP contribution in [0.5, 0.6) is 0 Å². The molecule has 2 heteroatoms. The molecule has 1 saturated heterocycles. The fourth-order valence-electron chi connectivity index (χ4n) is 3.57. The number of hydrogen-bond acceptors (Lipinski definition) is 2. The normalized spacial score (nSPS) is 18.0. The van der Waals surface area contributed by atoms with Crippen LogP contribution in [-0.4, -0.2) is 31.1 Å². The molecule has 1 heterocycles. The van der Waals surface area contributed by atoms with E-state index in [0.717, 1.165) is 26.2 Å². The third-order valence-electron chi connectivity index (χ3n) is 4.69. The minimum absolute atomic E-state index is 0.558. The predicted molar refractivity (Wildman–Crippen MR) is 90.8 cm³/mol. The summed E-state index contributed by atoms with van der Waals surface area (Å²) in [6.07, 6.45) is 2.48. The Kier molecular flexibility index (Phi) is 4.57. The van der Waals surface area contributed by atoms with Crippen LogP contribution in [0.15, 0.2) is 36.4 Å². The number of hydrogen-bond donors (Lipinski definition) is 1. The lowest BCUT2D eigenvalue weighted by Crippen LogP contribution is -2.45. The van der Waals surface area contributed by atoms with E-state index in [1.165, 1.54) is 34.7 Å². The highest BCUT2D eigenvalue weighted by Crippen LogP contribution is 2.33. The molecule has 0 unspecified atom stereocenters. The zero-order valence-electron chi connectivity index (χ0n) is 13.2. The maximum Gasteiger partial charge on any atom is 0.0355 e. The smallest absolute Gasteiger partial charge is 0.0355 e. The average Bonchev–Trinajstić information content (AvgIpc) is 2.55. The minimum atomic E-state index is 0.558. The molecule has 0 bridgehead atoms. The van der Waals surface area contributed by atoms with Crippen molar-refractivity contribution >= 4 is 10.8 Å². The summed E-state index contributed by atoms with van der Waals surface area (Å²) in [4.78, 5) is 2.66. The van der Waals surface area contributed by atoms with Crippen molar-refractivity contribution in [2.24, 2.45) is 0 Å². The molecular formula is C19H26N2. The van der Waals surface area contributed by atoms with E-state index in [2.05, 4.69) is 60.5 Å². The van der Waals surface area contributed by atoms with Crippen molar-refractivity contribution in [2.75, 3.05) is 26.2 Å². The van der Waals surface area contributed by atoms with Gasteiger partial charge in [0.15, 0.2) is 0 Å². The summed E-state index contributed by atoms with van der Waals surface area (Å²) in [5, 5.41) is 6.32. The Morgan fingerprint density at radius 1 is 1.05 bits per heavy atom. The summed E-state index contributed by atoms with van der Waals surface area (Å²) in [5.41, 5.74) is 2.89. The quantitative estimate of drug-likeness (QED) is 0.915. The molecule has 0 aliphatic carbocycles. The molecule has 3 rings (SSSR count). The van der Waals surface area contributed by atoms with Gasteiger partial charge in [0.1, 0.15) is 0 Å². The SMILES string of the molecule is CCC[C@@H](c1ccc(C)c2ccccc12)N1CCNCC1. The molecule has 0 aromatic heterocycles. The molecule has 1 N–H and O–H groups in total. The van der Waals surface area contributed by atoms with Crippen LogP contribution in [0.25, 0.3) is 10.8 Å². The lowest BCUT2D eigenvalue weighted by atomic mass is 9.92. The maximum absolute atomic E-state index is 3.47. The summed E-state index contributed by atoms with van der Waals surface area (Å²) >= 11 is 0. The summed E-state index contributed by atoms with van der Waals surface area (Å²) < 4.78 is 0. The molecule has 1 fully saturated rings. The van der Waals surface area contributed by atoms with Crippen molar-refractivity contribution in [1.29, 1.82) is 0 Å². The number of fused-ring (bicyclic) bond motifs is 1. The van der Waals surface area contributed by atoms with Crippen molar-refractivity contribution in [1.82, 2.24) is 10.2 Å². The summed E-state index contributed by atoms with van der Waals surface area (Å²) in [6, 6.07) is 14.1. The standard InChI is InChI=1S/C19H26N2/c1-3-6-19(21-13-11-20-12-14-21)18-10-9-15(2)16-7-4-5-8-17(16)18/h4-5,7-10,19-20H,3,6,11-14H2,1-2H3/t19-/m0/s1. The highest BCUT2D eigenvalue weighted by molar-refractivity contribution is 5.88. The van der Waals surface area contributed by atoms with Gasteiger partial charge in [0, 0.05) is 32.2 Å². The van der Waals surface area contributed by atoms with Crippen LogP contribution < -0.4 is 5.32 Å². The van der Waals surface area contributed by atoms with Crippen molar-refractivity contribution in [3.63, 3.8) is 0 Å². The number of nitrogens with one attached hydrogen (secondary N) is 1. The second-order valence-corrected chi connectivity index (χ2v) is 6.11. The monoisotopic (exact) mass is 282 g/mol. The van der Waals surface area contributed by atoms with Crippen LogP contribution in [0.4, 0.5) is 0 Å². The van der Waals surface area contributed by atoms with E-state index >= 15 is 0 Å². The zero-order chi connectivity index (χ0) is 14.7. The molecule has 0 spiro atoms. The molecule has 0 radical (unpaired) electrons. The number of piperazine rings is 1. The van der Waals surface area contributed by atoms with Crippen LogP contribution in [0.3, 0.4) is 0 Å². The van der Waals surface area contributed by atoms with Gasteiger partial charge in [-0.25, -0.2) is 0 Å². The van der Waals surface area contributed by atoms with Gasteiger partial charge in [0.05, 0.1) is 0 Å². The van der Waals surface area contributed by atoms with Gasteiger partial charge in [-0.15, -0.1) is 0 Å². The first-order valence-electron chi connectivity index (χ1n) is 8.24. The van der Waals surface area contributed by atoms with E-state index < -0.39 is 0 Å². The van der Waals surface area contributed by atoms with Crippen molar-refractivity contribution in [3.05, 3.63) is 47.5 Å². The van der Waals surface area contributed by atoms with Crippen LogP contribution in [0.2, 0.25) is 0 Å². The Bertz CT molecular complexity index is 600. The molecule has 1 aliphatic heterocycles. The topological polar surface area (TPSA) is 15.3 Å². The van der Waals surface area contributed by atoms with E-state index in [9.17, 15) is 0 Å².